The second-order valence-corrected chi connectivity index (χ2v) is 5.61. The first-order valence-corrected chi connectivity index (χ1v) is 6.47. The van der Waals surface area contributed by atoms with Gasteiger partial charge in [0.2, 0.25) is 0 Å². The van der Waals surface area contributed by atoms with Gasteiger partial charge in [0.1, 0.15) is 0 Å². The second kappa shape index (κ2) is 7.39. The highest BCUT2D eigenvalue weighted by molar-refractivity contribution is 7.53. The summed E-state index contributed by atoms with van der Waals surface area (Å²) in [5.74, 6) is -1.67. The molecule has 0 N–H and O–H groups in total. The Labute approximate surface area is 94.7 Å². The van der Waals surface area contributed by atoms with Gasteiger partial charge >= 0.3 is 7.60 Å². The summed E-state index contributed by atoms with van der Waals surface area (Å²) in [5.41, 5.74) is 0. The summed E-state index contributed by atoms with van der Waals surface area (Å²) < 4.78 is 21.2. The molecule has 0 aliphatic heterocycles. The Morgan fingerprint density at radius 3 is 2.44 bits per heavy atom. The Morgan fingerprint density at radius 2 is 2.06 bits per heavy atom. The van der Waals surface area contributed by atoms with E-state index >= 15 is 0 Å². The Bertz CT molecular complexity index is 304. The van der Waals surface area contributed by atoms with Gasteiger partial charge in [-0.05, 0) is 18.8 Å². The lowest BCUT2D eigenvalue weighted by Gasteiger charge is -2.20. The van der Waals surface area contributed by atoms with E-state index in [2.05, 4.69) is 0 Å². The number of nitriles is 1. The fourth-order valence-electron chi connectivity index (χ4n) is 1.30. The van der Waals surface area contributed by atoms with E-state index in [4.69, 9.17) is 14.3 Å². The largest absolute Gasteiger partial charge is 0.550 e. The molecular formula is C9H15NO5P-. The molecule has 0 fully saturated rings. The van der Waals surface area contributed by atoms with E-state index < -0.39 is 19.5 Å². The Morgan fingerprint density at radius 1 is 1.50 bits per heavy atom. The summed E-state index contributed by atoms with van der Waals surface area (Å²) in [6, 6.07) is 1.91. The predicted octanol–water partition coefficient (Wildman–Crippen LogP) is 0.532. The number of aliphatic carboxylic acids is 1. The van der Waals surface area contributed by atoms with Crippen LogP contribution in [0.25, 0.3) is 0 Å². The third kappa shape index (κ3) is 5.86. The highest BCUT2D eigenvalue weighted by Gasteiger charge is 2.26. The van der Waals surface area contributed by atoms with E-state index in [1.54, 1.807) is 0 Å². The van der Waals surface area contributed by atoms with E-state index in [-0.39, 0.29) is 19.0 Å². The predicted molar refractivity (Wildman–Crippen MR) is 54.5 cm³/mol. The van der Waals surface area contributed by atoms with Crippen LogP contribution in [0.4, 0.5) is 0 Å². The highest BCUT2D eigenvalue weighted by atomic mass is 31.2. The molecule has 0 heterocycles. The first-order chi connectivity index (χ1) is 7.47. The summed E-state index contributed by atoms with van der Waals surface area (Å²) in [6.07, 6.45) is 0.264. The van der Waals surface area contributed by atoms with E-state index in [1.165, 1.54) is 14.2 Å². The van der Waals surface area contributed by atoms with Crippen LogP contribution in [0.2, 0.25) is 0 Å². The van der Waals surface area contributed by atoms with Crippen molar-refractivity contribution in [1.82, 2.24) is 0 Å². The molecule has 0 aliphatic carbocycles. The zero-order chi connectivity index (χ0) is 12.6. The maximum Gasteiger partial charge on any atom is 0.330 e. The van der Waals surface area contributed by atoms with E-state index in [1.807, 2.05) is 6.07 Å². The molecule has 7 heteroatoms. The molecule has 0 saturated carbocycles. The summed E-state index contributed by atoms with van der Waals surface area (Å²) >= 11 is 0. The molecule has 16 heavy (non-hydrogen) atoms. The number of hydrogen-bond donors (Lipinski definition) is 0. The fourth-order valence-corrected chi connectivity index (χ4v) is 2.69. The number of carbonyl (C=O) groups excluding carboxylic acids is 1. The van der Waals surface area contributed by atoms with Crippen molar-refractivity contribution in [3.8, 4) is 6.07 Å². The topological polar surface area (TPSA) is 99.5 Å². The van der Waals surface area contributed by atoms with Crippen LogP contribution < -0.4 is 5.11 Å². The highest BCUT2D eigenvalue weighted by Crippen LogP contribution is 2.49. The second-order valence-electron chi connectivity index (χ2n) is 3.30. The maximum atomic E-state index is 11.8. The van der Waals surface area contributed by atoms with E-state index in [9.17, 15) is 14.5 Å². The van der Waals surface area contributed by atoms with Crippen molar-refractivity contribution >= 4 is 13.6 Å². The molecule has 0 radical (unpaired) electrons. The molecule has 0 spiro atoms. The molecule has 1 atom stereocenters. The average Bonchev–Trinajstić information content (AvgIpc) is 2.25. The molecule has 0 aromatic carbocycles. The monoisotopic (exact) mass is 248 g/mol. The van der Waals surface area contributed by atoms with Gasteiger partial charge in [0.25, 0.3) is 0 Å². The van der Waals surface area contributed by atoms with Gasteiger partial charge in [-0.3, -0.25) is 4.57 Å². The standard InChI is InChI=1S/C9H16NO5P/c1-14-16(13,15-2)7-8(4-3-5-10)6-9(11)12/h8H,3-4,6-7H2,1-2H3,(H,11,12)/p-1/t8-/m0/s1. The molecule has 6 nitrogen and oxygen atoms in total. The minimum atomic E-state index is -3.23. The van der Waals surface area contributed by atoms with Gasteiger partial charge in [-0.2, -0.15) is 5.26 Å². The molecule has 0 aliphatic rings. The zero-order valence-electron chi connectivity index (χ0n) is 9.34. The lowest BCUT2D eigenvalue weighted by Crippen LogP contribution is -2.26. The van der Waals surface area contributed by atoms with Crippen LogP contribution in [-0.2, 0) is 18.4 Å². The number of rotatable bonds is 8. The number of carboxylic acids is 1. The number of nitrogens with zero attached hydrogens (tertiary/aromatic N) is 1. The van der Waals surface area contributed by atoms with Crippen LogP contribution >= 0.6 is 7.60 Å². The summed E-state index contributed by atoms with van der Waals surface area (Å²) in [5, 5.41) is 18.9. The van der Waals surface area contributed by atoms with Gasteiger partial charge in [-0.25, -0.2) is 0 Å². The van der Waals surface area contributed by atoms with Crippen LogP contribution in [0.5, 0.6) is 0 Å². The lowest BCUT2D eigenvalue weighted by molar-refractivity contribution is -0.306. The van der Waals surface area contributed by atoms with E-state index in [0.717, 1.165) is 0 Å². The lowest BCUT2D eigenvalue weighted by atomic mass is 10.0. The van der Waals surface area contributed by atoms with Gasteiger partial charge in [0.05, 0.1) is 12.2 Å². The molecule has 0 saturated heterocycles. The van der Waals surface area contributed by atoms with Crippen LogP contribution in [0.15, 0.2) is 0 Å². The third-order valence-electron chi connectivity index (χ3n) is 2.16. The summed E-state index contributed by atoms with van der Waals surface area (Å²) in [7, 11) is -0.753. The molecule has 0 bridgehead atoms. The average molecular weight is 248 g/mol. The SMILES string of the molecule is COP(=O)(C[C@@H](CCC#N)CC(=O)[O-])OC. The van der Waals surface area contributed by atoms with Crippen molar-refractivity contribution in [3.05, 3.63) is 0 Å². The van der Waals surface area contributed by atoms with E-state index in [0.29, 0.717) is 6.42 Å². The van der Waals surface area contributed by atoms with Crippen LogP contribution in [0.3, 0.4) is 0 Å². The first kappa shape index (κ1) is 15.1. The normalized spacial score (nSPS) is 13.1. The quantitative estimate of drug-likeness (QED) is 0.581. The first-order valence-electron chi connectivity index (χ1n) is 4.74. The van der Waals surface area contributed by atoms with Gasteiger partial charge in [0.15, 0.2) is 0 Å². The van der Waals surface area contributed by atoms with Crippen molar-refractivity contribution in [2.24, 2.45) is 5.92 Å². The van der Waals surface area contributed by atoms with Crippen molar-refractivity contribution in [1.29, 1.82) is 5.26 Å². The molecule has 0 amide bonds. The van der Waals surface area contributed by atoms with Crippen molar-refractivity contribution in [2.75, 3.05) is 20.4 Å². The molecule has 92 valence electrons. The Balaban J connectivity index is 4.46. The Kier molecular flexibility index (Phi) is 6.98. The summed E-state index contributed by atoms with van der Waals surface area (Å²) in [4.78, 5) is 10.5. The number of carbonyl (C=O) groups is 1. The van der Waals surface area contributed by atoms with Crippen LogP contribution in [-0.4, -0.2) is 26.4 Å². The van der Waals surface area contributed by atoms with Gasteiger partial charge < -0.3 is 18.9 Å². The van der Waals surface area contributed by atoms with Crippen molar-refractivity contribution < 1.29 is 23.5 Å². The molecule has 0 aromatic rings. The van der Waals surface area contributed by atoms with Crippen molar-refractivity contribution in [2.45, 2.75) is 19.3 Å². The van der Waals surface area contributed by atoms with Gasteiger partial charge in [0, 0.05) is 26.6 Å². The summed E-state index contributed by atoms with van der Waals surface area (Å²) in [6.45, 7) is 0. The maximum absolute atomic E-state index is 11.8. The zero-order valence-corrected chi connectivity index (χ0v) is 10.2. The van der Waals surface area contributed by atoms with Gasteiger partial charge in [-0.15, -0.1) is 0 Å². The number of hydrogen-bond acceptors (Lipinski definition) is 6. The smallest absolute Gasteiger partial charge is 0.330 e. The minimum absolute atomic E-state index is 0.0182. The molecular weight excluding hydrogens is 233 g/mol. The van der Waals surface area contributed by atoms with Gasteiger partial charge in [-0.1, -0.05) is 0 Å². The Hall–Kier alpha value is -0.890. The third-order valence-corrected chi connectivity index (χ3v) is 4.23. The number of carboxylic acid groups (broad SMARTS) is 1. The van der Waals surface area contributed by atoms with Crippen LogP contribution in [0.1, 0.15) is 19.3 Å². The molecule has 0 rings (SSSR count). The van der Waals surface area contributed by atoms with Crippen LogP contribution in [0, 0.1) is 17.2 Å². The molecule has 0 aromatic heterocycles. The van der Waals surface area contributed by atoms with Crippen molar-refractivity contribution in [3.63, 3.8) is 0 Å². The molecule has 0 unspecified atom stereocenters. The fraction of sp³-hybridized carbons (Fsp3) is 0.778. The minimum Gasteiger partial charge on any atom is -0.550 e.